The van der Waals surface area contributed by atoms with Gasteiger partial charge in [-0.05, 0) is 60.2 Å². The first kappa shape index (κ1) is 16.0. The second-order valence-corrected chi connectivity index (χ2v) is 7.11. The van der Waals surface area contributed by atoms with Gasteiger partial charge in [-0.25, -0.2) is 0 Å². The van der Waals surface area contributed by atoms with E-state index in [2.05, 4.69) is 4.99 Å². The van der Waals surface area contributed by atoms with Crippen molar-refractivity contribution >= 4 is 28.6 Å². The lowest BCUT2D eigenvalue weighted by Crippen LogP contribution is -1.92. The minimum Gasteiger partial charge on any atom is -0.457 e. The van der Waals surface area contributed by atoms with E-state index in [9.17, 15) is 0 Å². The Morgan fingerprint density at radius 2 is 1.74 bits per heavy atom. The SMILES string of the molecule is C1=Nc2ccc(Oc3ccccc3)cc2SC(c2ccc3c(c2)OCO3)=C1. The number of benzene rings is 3. The molecule has 2 heterocycles. The zero-order chi connectivity index (χ0) is 18.1. The summed E-state index contributed by atoms with van der Waals surface area (Å²) in [6.07, 6.45) is 3.84. The van der Waals surface area contributed by atoms with Crippen LogP contribution in [0.25, 0.3) is 4.91 Å². The third-order valence-corrected chi connectivity index (χ3v) is 5.37. The summed E-state index contributed by atoms with van der Waals surface area (Å²) in [5, 5.41) is 0. The molecule has 5 rings (SSSR count). The Morgan fingerprint density at radius 3 is 2.67 bits per heavy atom. The van der Waals surface area contributed by atoms with Gasteiger partial charge in [0.15, 0.2) is 11.5 Å². The Bertz CT molecular complexity index is 1060. The van der Waals surface area contributed by atoms with Crippen molar-refractivity contribution in [2.75, 3.05) is 6.79 Å². The highest BCUT2D eigenvalue weighted by molar-refractivity contribution is 8.08. The van der Waals surface area contributed by atoms with Crippen molar-refractivity contribution in [2.24, 2.45) is 4.99 Å². The van der Waals surface area contributed by atoms with E-state index < -0.39 is 0 Å². The molecule has 0 saturated carbocycles. The lowest BCUT2D eigenvalue weighted by molar-refractivity contribution is 0.174. The molecule has 0 atom stereocenters. The topological polar surface area (TPSA) is 40.0 Å². The van der Waals surface area contributed by atoms with Crippen LogP contribution in [0.5, 0.6) is 23.0 Å². The molecule has 0 amide bonds. The fraction of sp³-hybridized carbons (Fsp3) is 0.0455. The average molecular weight is 373 g/mol. The molecule has 2 aliphatic heterocycles. The van der Waals surface area contributed by atoms with Crippen molar-refractivity contribution in [3.05, 3.63) is 78.4 Å². The van der Waals surface area contributed by atoms with Crippen LogP contribution in [-0.2, 0) is 0 Å². The van der Waals surface area contributed by atoms with Crippen molar-refractivity contribution < 1.29 is 14.2 Å². The molecule has 0 aromatic heterocycles. The summed E-state index contributed by atoms with van der Waals surface area (Å²) < 4.78 is 16.9. The van der Waals surface area contributed by atoms with Crippen molar-refractivity contribution in [3.63, 3.8) is 0 Å². The standard InChI is InChI=1S/C22H15NO3S/c1-2-4-16(5-3-1)26-17-7-8-18-22(13-17)27-21(10-11-23-18)15-6-9-19-20(12-15)25-14-24-19/h1-13H,14H2. The molecule has 0 spiro atoms. The van der Waals surface area contributed by atoms with Crippen LogP contribution in [0.2, 0.25) is 0 Å². The van der Waals surface area contributed by atoms with Crippen molar-refractivity contribution in [3.8, 4) is 23.0 Å². The van der Waals surface area contributed by atoms with Crippen LogP contribution in [-0.4, -0.2) is 13.0 Å². The van der Waals surface area contributed by atoms with Gasteiger partial charge in [0, 0.05) is 16.0 Å². The van der Waals surface area contributed by atoms with Gasteiger partial charge < -0.3 is 14.2 Å². The highest BCUT2D eigenvalue weighted by atomic mass is 32.2. The van der Waals surface area contributed by atoms with Gasteiger partial charge in [-0.2, -0.15) is 0 Å². The molecular formula is C22H15NO3S. The fourth-order valence-electron chi connectivity index (χ4n) is 2.91. The normalized spacial score (nSPS) is 14.3. The number of aliphatic imine (C=N–C) groups is 1. The van der Waals surface area contributed by atoms with Crippen molar-refractivity contribution in [1.29, 1.82) is 0 Å². The maximum Gasteiger partial charge on any atom is 0.231 e. The molecule has 0 N–H and O–H groups in total. The van der Waals surface area contributed by atoms with Crippen LogP contribution in [0.15, 0.2) is 82.7 Å². The molecule has 3 aromatic rings. The van der Waals surface area contributed by atoms with E-state index in [1.165, 1.54) is 0 Å². The van der Waals surface area contributed by atoms with Crippen LogP contribution in [0.1, 0.15) is 5.56 Å². The smallest absolute Gasteiger partial charge is 0.231 e. The number of rotatable bonds is 3. The summed E-state index contributed by atoms with van der Waals surface area (Å²) in [4.78, 5) is 6.68. The average Bonchev–Trinajstić information content (AvgIpc) is 3.07. The fourth-order valence-corrected chi connectivity index (χ4v) is 3.92. The Hall–Kier alpha value is -3.18. The van der Waals surface area contributed by atoms with E-state index >= 15 is 0 Å². The summed E-state index contributed by atoms with van der Waals surface area (Å²) in [6.45, 7) is 0.273. The minimum atomic E-state index is 0.273. The number of nitrogens with zero attached hydrogens (tertiary/aromatic N) is 1. The van der Waals surface area contributed by atoms with Gasteiger partial charge in [-0.15, -0.1) is 0 Å². The van der Waals surface area contributed by atoms with Crippen molar-refractivity contribution in [1.82, 2.24) is 0 Å². The molecule has 0 unspecified atom stereocenters. The second kappa shape index (κ2) is 6.85. The van der Waals surface area contributed by atoms with Crippen LogP contribution in [0, 0.1) is 0 Å². The van der Waals surface area contributed by atoms with E-state index in [0.717, 1.165) is 44.0 Å². The van der Waals surface area contributed by atoms with E-state index in [-0.39, 0.29) is 6.79 Å². The number of thioether (sulfide) groups is 1. The maximum atomic E-state index is 5.97. The van der Waals surface area contributed by atoms with E-state index in [1.54, 1.807) is 11.8 Å². The first-order valence-corrected chi connectivity index (χ1v) is 9.36. The molecule has 2 aliphatic rings. The third-order valence-electron chi connectivity index (χ3n) is 4.23. The predicted molar refractivity (Wildman–Crippen MR) is 108 cm³/mol. The van der Waals surface area contributed by atoms with E-state index in [4.69, 9.17) is 14.2 Å². The Labute approximate surface area is 161 Å². The van der Waals surface area contributed by atoms with Crippen LogP contribution in [0.3, 0.4) is 0 Å². The molecule has 0 radical (unpaired) electrons. The number of hydrogen-bond acceptors (Lipinski definition) is 5. The molecule has 5 heteroatoms. The number of ether oxygens (including phenoxy) is 3. The molecule has 4 nitrogen and oxygen atoms in total. The highest BCUT2D eigenvalue weighted by Crippen LogP contribution is 2.44. The van der Waals surface area contributed by atoms with Gasteiger partial charge >= 0.3 is 0 Å². The summed E-state index contributed by atoms with van der Waals surface area (Å²) in [5.41, 5.74) is 1.99. The number of allylic oxidation sites excluding steroid dienone is 1. The van der Waals surface area contributed by atoms with Gasteiger partial charge in [0.25, 0.3) is 0 Å². The van der Waals surface area contributed by atoms with Crippen LogP contribution < -0.4 is 14.2 Å². The lowest BCUT2D eigenvalue weighted by atomic mass is 10.2. The molecular weight excluding hydrogens is 358 g/mol. The summed E-state index contributed by atoms with van der Waals surface area (Å²) in [6, 6.07) is 21.7. The maximum absolute atomic E-state index is 5.97. The molecule has 3 aromatic carbocycles. The van der Waals surface area contributed by atoms with Crippen LogP contribution in [0.4, 0.5) is 5.69 Å². The summed E-state index contributed by atoms with van der Waals surface area (Å²) in [7, 11) is 0. The van der Waals surface area contributed by atoms with Crippen molar-refractivity contribution in [2.45, 2.75) is 4.90 Å². The highest BCUT2D eigenvalue weighted by Gasteiger charge is 2.17. The molecule has 0 aliphatic carbocycles. The van der Waals surface area contributed by atoms with Gasteiger partial charge in [-0.1, -0.05) is 30.0 Å². The Kier molecular flexibility index (Phi) is 4.07. The third kappa shape index (κ3) is 3.29. The zero-order valence-corrected chi connectivity index (χ0v) is 15.1. The largest absolute Gasteiger partial charge is 0.457 e. The number of hydrogen-bond donors (Lipinski definition) is 0. The lowest BCUT2D eigenvalue weighted by Gasteiger charge is -2.11. The van der Waals surface area contributed by atoms with Crippen LogP contribution >= 0.6 is 11.8 Å². The Morgan fingerprint density at radius 1 is 0.852 bits per heavy atom. The Balaban J connectivity index is 1.44. The second-order valence-electron chi connectivity index (χ2n) is 6.02. The van der Waals surface area contributed by atoms with Gasteiger partial charge in [0.1, 0.15) is 11.5 Å². The molecule has 0 saturated heterocycles. The predicted octanol–water partition coefficient (Wildman–Crippen LogP) is 6.06. The monoisotopic (exact) mass is 373 g/mol. The molecule has 0 fully saturated rings. The summed E-state index contributed by atoms with van der Waals surface area (Å²) >= 11 is 1.66. The van der Waals surface area contributed by atoms with E-state index in [1.807, 2.05) is 79.0 Å². The quantitative estimate of drug-likeness (QED) is 0.560. The van der Waals surface area contributed by atoms with Gasteiger partial charge in [0.05, 0.1) is 5.69 Å². The molecule has 0 bridgehead atoms. The minimum absolute atomic E-state index is 0.273. The number of fused-ring (bicyclic) bond motifs is 2. The first-order valence-electron chi connectivity index (χ1n) is 8.54. The van der Waals surface area contributed by atoms with E-state index in [0.29, 0.717) is 0 Å². The molecule has 27 heavy (non-hydrogen) atoms. The molecule has 132 valence electrons. The summed E-state index contributed by atoms with van der Waals surface area (Å²) in [5.74, 6) is 3.16. The van der Waals surface area contributed by atoms with Gasteiger partial charge in [0.2, 0.25) is 6.79 Å². The number of para-hydroxylation sites is 1. The first-order chi connectivity index (χ1) is 13.3. The van der Waals surface area contributed by atoms with Gasteiger partial charge in [-0.3, -0.25) is 4.99 Å². The zero-order valence-electron chi connectivity index (χ0n) is 14.3.